The molecular formula is C20H22FN2O3. The van der Waals surface area contributed by atoms with Crippen molar-refractivity contribution in [3.63, 3.8) is 0 Å². The maximum absolute atomic E-state index is 13.9. The Morgan fingerprint density at radius 3 is 2.54 bits per heavy atom. The lowest BCUT2D eigenvalue weighted by Crippen LogP contribution is -2.42. The molecule has 0 saturated heterocycles. The van der Waals surface area contributed by atoms with Crippen molar-refractivity contribution in [2.24, 2.45) is 0 Å². The second-order valence-electron chi connectivity index (χ2n) is 5.83. The Balaban J connectivity index is 1.75. The largest absolute Gasteiger partial charge is 0.497 e. The Bertz CT molecular complexity index is 747. The van der Waals surface area contributed by atoms with E-state index in [4.69, 9.17) is 4.74 Å². The van der Waals surface area contributed by atoms with Gasteiger partial charge >= 0.3 is 0 Å². The average molecular weight is 357 g/mol. The summed E-state index contributed by atoms with van der Waals surface area (Å²) in [5.41, 5.74) is 2.86. The summed E-state index contributed by atoms with van der Waals surface area (Å²) < 4.78 is 19.0. The van der Waals surface area contributed by atoms with Crippen LogP contribution in [0.3, 0.4) is 0 Å². The van der Waals surface area contributed by atoms with E-state index in [0.717, 1.165) is 16.7 Å². The fourth-order valence-electron chi connectivity index (χ4n) is 2.25. The Labute approximate surface area is 152 Å². The van der Waals surface area contributed by atoms with Crippen LogP contribution in [-0.2, 0) is 22.6 Å². The molecule has 1 unspecified atom stereocenters. The number of methoxy groups -OCH3 is 1. The minimum absolute atomic E-state index is 0.108. The van der Waals surface area contributed by atoms with E-state index in [1.165, 1.54) is 13.7 Å². The van der Waals surface area contributed by atoms with E-state index in [0.29, 0.717) is 12.2 Å². The van der Waals surface area contributed by atoms with E-state index in [9.17, 15) is 14.0 Å². The number of aryl methyl sites for hydroxylation is 1. The van der Waals surface area contributed by atoms with Gasteiger partial charge in [-0.05, 0) is 36.6 Å². The summed E-state index contributed by atoms with van der Waals surface area (Å²) in [5, 5.41) is 4.72. The molecule has 0 aromatic heterocycles. The number of halogens is 1. The quantitative estimate of drug-likeness (QED) is 0.713. The van der Waals surface area contributed by atoms with E-state index in [1.54, 1.807) is 24.3 Å². The van der Waals surface area contributed by atoms with Crippen LogP contribution in [0.25, 0.3) is 0 Å². The van der Waals surface area contributed by atoms with Crippen LogP contribution < -0.4 is 15.4 Å². The molecule has 0 saturated carbocycles. The van der Waals surface area contributed by atoms with Gasteiger partial charge in [0.25, 0.3) is 18.0 Å². The lowest BCUT2D eigenvalue weighted by atomic mass is 10.1. The van der Waals surface area contributed by atoms with Gasteiger partial charge in [-0.2, -0.15) is 0 Å². The van der Waals surface area contributed by atoms with Crippen molar-refractivity contribution in [2.45, 2.75) is 26.1 Å². The van der Waals surface area contributed by atoms with Gasteiger partial charge in [0.2, 0.25) is 0 Å². The summed E-state index contributed by atoms with van der Waals surface area (Å²) in [7, 11) is 1.53. The van der Waals surface area contributed by atoms with Crippen molar-refractivity contribution < 1.29 is 18.7 Å². The Kier molecular flexibility index (Phi) is 7.14. The highest BCUT2D eigenvalue weighted by molar-refractivity contribution is 6.03. The van der Waals surface area contributed by atoms with Crippen LogP contribution in [0.15, 0.2) is 48.5 Å². The van der Waals surface area contributed by atoms with Gasteiger partial charge in [-0.15, -0.1) is 0 Å². The van der Waals surface area contributed by atoms with E-state index in [-0.39, 0.29) is 6.54 Å². The van der Waals surface area contributed by atoms with Crippen LogP contribution in [0, 0.1) is 13.5 Å². The van der Waals surface area contributed by atoms with Gasteiger partial charge in [-0.25, -0.2) is 4.39 Å². The van der Waals surface area contributed by atoms with Gasteiger partial charge in [0.05, 0.1) is 13.7 Å². The number of amides is 2. The second kappa shape index (κ2) is 9.56. The normalized spacial score (nSPS) is 11.5. The average Bonchev–Trinajstić information content (AvgIpc) is 2.67. The van der Waals surface area contributed by atoms with Crippen molar-refractivity contribution in [2.75, 3.05) is 7.11 Å². The highest BCUT2D eigenvalue weighted by Crippen LogP contribution is 2.12. The predicted octanol–water partition coefficient (Wildman–Crippen LogP) is 2.48. The molecule has 0 spiro atoms. The first-order chi connectivity index (χ1) is 12.5. The van der Waals surface area contributed by atoms with Crippen LogP contribution in [0.5, 0.6) is 5.75 Å². The van der Waals surface area contributed by atoms with Gasteiger partial charge in [-0.3, -0.25) is 9.59 Å². The highest BCUT2D eigenvalue weighted by Gasteiger charge is 2.25. The molecule has 137 valence electrons. The monoisotopic (exact) mass is 357 g/mol. The number of benzene rings is 2. The number of alkyl halides is 1. The zero-order chi connectivity index (χ0) is 18.9. The third-order valence-corrected chi connectivity index (χ3v) is 3.76. The van der Waals surface area contributed by atoms with E-state index in [2.05, 4.69) is 10.6 Å². The van der Waals surface area contributed by atoms with Crippen molar-refractivity contribution in [3.05, 3.63) is 71.8 Å². The number of carbonyl (C=O) groups excluding carboxylic acids is 2. The summed E-state index contributed by atoms with van der Waals surface area (Å²) in [4.78, 5) is 23.5. The zero-order valence-electron chi connectivity index (χ0n) is 14.8. The molecule has 0 aliphatic carbocycles. The SMILES string of the molecule is COc1cccc(CNC(=O)C(F)C(=O)N[CH]Cc2ccc(C)cc2)c1. The molecule has 2 amide bonds. The number of carbonyl (C=O) groups is 2. The predicted molar refractivity (Wildman–Crippen MR) is 97.1 cm³/mol. The number of ether oxygens (including phenoxy) is 1. The van der Waals surface area contributed by atoms with E-state index in [1.807, 2.05) is 31.2 Å². The lowest BCUT2D eigenvalue weighted by molar-refractivity contribution is -0.136. The standard InChI is InChI=1S/C20H22FN2O3/c1-14-6-8-15(9-7-14)10-11-22-19(24)18(21)20(25)23-13-16-4-3-5-17(12-16)26-2/h3-9,11-12,18H,10,13H2,1-2H3,(H,22,24)(H,23,25). The van der Waals surface area contributed by atoms with Crippen LogP contribution in [-0.4, -0.2) is 25.1 Å². The molecule has 1 atom stereocenters. The minimum Gasteiger partial charge on any atom is -0.497 e. The molecule has 5 nitrogen and oxygen atoms in total. The first kappa shape index (κ1) is 19.4. The van der Waals surface area contributed by atoms with Gasteiger partial charge in [-0.1, -0.05) is 42.0 Å². The lowest BCUT2D eigenvalue weighted by Gasteiger charge is -2.11. The number of hydrogen-bond donors (Lipinski definition) is 2. The molecule has 0 fully saturated rings. The fraction of sp³-hybridized carbons (Fsp3) is 0.250. The molecule has 2 aromatic carbocycles. The fourth-order valence-corrected chi connectivity index (χ4v) is 2.25. The van der Waals surface area contributed by atoms with Gasteiger partial charge in [0.1, 0.15) is 5.75 Å². The Morgan fingerprint density at radius 1 is 1.12 bits per heavy atom. The number of nitrogens with one attached hydrogen (secondary N) is 2. The molecule has 2 rings (SSSR count). The molecule has 26 heavy (non-hydrogen) atoms. The zero-order valence-corrected chi connectivity index (χ0v) is 14.8. The molecular weight excluding hydrogens is 335 g/mol. The van der Waals surface area contributed by atoms with E-state index < -0.39 is 18.0 Å². The summed E-state index contributed by atoms with van der Waals surface area (Å²) in [6.45, 7) is 3.53. The highest BCUT2D eigenvalue weighted by atomic mass is 19.1. The van der Waals surface area contributed by atoms with Crippen molar-refractivity contribution in [1.29, 1.82) is 0 Å². The smallest absolute Gasteiger partial charge is 0.264 e. The molecule has 0 bridgehead atoms. The van der Waals surface area contributed by atoms with Crippen LogP contribution in [0.1, 0.15) is 16.7 Å². The van der Waals surface area contributed by atoms with Crippen molar-refractivity contribution in [3.8, 4) is 5.75 Å². The molecule has 0 aliphatic heterocycles. The molecule has 1 radical (unpaired) electrons. The van der Waals surface area contributed by atoms with E-state index >= 15 is 0 Å². The number of hydrogen-bond acceptors (Lipinski definition) is 3. The van der Waals surface area contributed by atoms with Crippen molar-refractivity contribution >= 4 is 11.8 Å². The van der Waals surface area contributed by atoms with Crippen molar-refractivity contribution in [1.82, 2.24) is 10.6 Å². The molecule has 0 heterocycles. The van der Waals surface area contributed by atoms with Crippen LogP contribution >= 0.6 is 0 Å². The topological polar surface area (TPSA) is 67.4 Å². The summed E-state index contributed by atoms with van der Waals surface area (Å²) in [6, 6.07) is 14.8. The van der Waals surface area contributed by atoms with Gasteiger partial charge in [0, 0.05) is 6.54 Å². The van der Waals surface area contributed by atoms with Crippen LogP contribution in [0.2, 0.25) is 0 Å². The first-order valence-corrected chi connectivity index (χ1v) is 8.22. The number of rotatable bonds is 8. The summed E-state index contributed by atoms with van der Waals surface area (Å²) in [5.74, 6) is -1.33. The third kappa shape index (κ3) is 5.88. The van der Waals surface area contributed by atoms with Gasteiger partial charge < -0.3 is 15.4 Å². The third-order valence-electron chi connectivity index (χ3n) is 3.76. The minimum atomic E-state index is -2.27. The summed E-state index contributed by atoms with van der Waals surface area (Å²) >= 11 is 0. The molecule has 6 heteroatoms. The first-order valence-electron chi connectivity index (χ1n) is 8.22. The Morgan fingerprint density at radius 2 is 1.85 bits per heavy atom. The molecule has 0 aliphatic rings. The maximum atomic E-state index is 13.9. The summed E-state index contributed by atoms with van der Waals surface area (Å²) in [6.07, 6.45) is -1.82. The maximum Gasteiger partial charge on any atom is 0.264 e. The molecule has 2 N–H and O–H groups in total. The van der Waals surface area contributed by atoms with Gasteiger partial charge in [0.15, 0.2) is 0 Å². The van der Waals surface area contributed by atoms with Crippen LogP contribution in [0.4, 0.5) is 4.39 Å². The Hall–Kier alpha value is -2.89. The molecule has 2 aromatic rings. The second-order valence-corrected chi connectivity index (χ2v) is 5.83.